The maximum atomic E-state index is 15.4. The van der Waals surface area contributed by atoms with Crippen molar-refractivity contribution in [2.24, 2.45) is 23.7 Å². The molecule has 1 radical (unpaired) electrons. The molecule has 0 saturated heterocycles. The summed E-state index contributed by atoms with van der Waals surface area (Å²) in [5, 5.41) is 14.0. The van der Waals surface area contributed by atoms with Crippen LogP contribution in [-0.4, -0.2) is 33.6 Å². The number of carbonyl (C=O) groups excluding carboxylic acids is 4. The zero-order chi connectivity index (χ0) is 81.6. The third-order valence-electron chi connectivity index (χ3n) is 26.1. The first-order valence-corrected chi connectivity index (χ1v) is 41.2. The van der Waals surface area contributed by atoms with Crippen LogP contribution in [0.25, 0.3) is 90.9 Å². The summed E-state index contributed by atoms with van der Waals surface area (Å²) in [5.41, 5.74) is 18.2. The molecule has 117 heavy (non-hydrogen) atoms. The molecule has 17 rings (SSSR count). The van der Waals surface area contributed by atoms with Gasteiger partial charge in [0.15, 0.2) is 0 Å². The van der Waals surface area contributed by atoms with Gasteiger partial charge in [-0.05, 0) is 174 Å². The predicted octanol–water partition coefficient (Wildman–Crippen LogP) is 23.4. The third-order valence-corrected chi connectivity index (χ3v) is 26.1. The van der Waals surface area contributed by atoms with Crippen molar-refractivity contribution in [1.82, 2.24) is 19.9 Å². The van der Waals surface area contributed by atoms with Gasteiger partial charge in [-0.15, -0.1) is 22.1 Å². The van der Waals surface area contributed by atoms with Gasteiger partial charge in [-0.25, -0.2) is 9.97 Å². The van der Waals surface area contributed by atoms with E-state index in [0.717, 1.165) is 66.8 Å². The Balaban J connectivity index is 0.0000102. The summed E-state index contributed by atoms with van der Waals surface area (Å²) in [5.74, 6) is -1.94. The van der Waals surface area contributed by atoms with E-state index < -0.39 is 21.7 Å². The van der Waals surface area contributed by atoms with E-state index in [4.69, 9.17) is 19.9 Å². The molecule has 8 aromatic carbocycles. The second-order valence-electron chi connectivity index (χ2n) is 38.5. The van der Waals surface area contributed by atoms with Gasteiger partial charge in [0.1, 0.15) is 0 Å². The molecule has 8 atom stereocenters. The molecule has 5 heterocycles. The number of amides is 4. The minimum absolute atomic E-state index is 0. The number of carbonyl (C=O) groups is 4. The van der Waals surface area contributed by atoms with Crippen molar-refractivity contribution in [2.45, 2.75) is 180 Å². The predicted molar refractivity (Wildman–Crippen MR) is 475 cm³/mol. The first kappa shape index (κ1) is 79.6. The fraction of sp³-hybridized carbons (Fsp3) is 0.308. The van der Waals surface area contributed by atoms with Crippen molar-refractivity contribution in [1.29, 1.82) is 0 Å². The SMILES string of the molecule is CC(C)(C)c1cc(-c2c3nc(c(-c4c(NC(=O)[C@H]5C[C@@]5(C)c5ccccc5)cccc4NC(=O)[C@H]4C[C@]4(C)c4ccccc4)c4ccc([n-]4)c(-c4cc(C(C)(C)C)cc(C(C)(C)C)c4)c4nc(c(-c5c(NC(=O)[C@H]6C[C@@]6(C)c6ccccc6)cccc5NC(=O)[C@H]5C[C@]5(C)c5ccccc5)c5ccc2[n-]5)C=C4)C=C3)cc(C(C)(C)C)c1.[Co+2]. The first-order chi connectivity index (χ1) is 55.1. The largest absolute Gasteiger partial charge is 2.00 e. The molecule has 4 fully saturated rings. The smallest absolute Gasteiger partial charge is 0.657 e. The topological polar surface area (TPSA) is 170 Å². The molecular formula is C104H104CoN8O4. The maximum absolute atomic E-state index is 15.4. The van der Waals surface area contributed by atoms with Crippen LogP contribution in [-0.2, 0) is 79.3 Å². The van der Waals surface area contributed by atoms with Gasteiger partial charge in [0.25, 0.3) is 0 Å². The van der Waals surface area contributed by atoms with Crippen LogP contribution in [0, 0.1) is 23.7 Å². The van der Waals surface area contributed by atoms with Crippen LogP contribution in [0.1, 0.15) is 204 Å². The van der Waals surface area contributed by atoms with E-state index in [1.807, 2.05) is 133 Å². The van der Waals surface area contributed by atoms with E-state index in [-0.39, 0.29) is 85.7 Å². The van der Waals surface area contributed by atoms with E-state index in [1.54, 1.807) is 0 Å². The Bertz CT molecular complexity index is 5470. The molecule has 0 unspecified atom stereocenters. The van der Waals surface area contributed by atoms with E-state index >= 15 is 19.2 Å². The summed E-state index contributed by atoms with van der Waals surface area (Å²) < 4.78 is 0. The molecule has 3 aromatic heterocycles. The van der Waals surface area contributed by atoms with Gasteiger partial charge in [-0.1, -0.05) is 305 Å². The van der Waals surface area contributed by atoms with Gasteiger partial charge in [0, 0.05) is 56.5 Å². The number of hydrogen-bond donors (Lipinski definition) is 4. The number of aromatic nitrogens is 4. The fourth-order valence-corrected chi connectivity index (χ4v) is 17.9. The minimum atomic E-state index is -0.403. The van der Waals surface area contributed by atoms with Gasteiger partial charge in [0.2, 0.25) is 23.6 Å². The van der Waals surface area contributed by atoms with Crippen LogP contribution in [0.2, 0.25) is 0 Å². The van der Waals surface area contributed by atoms with Crippen molar-refractivity contribution in [3.05, 3.63) is 286 Å². The van der Waals surface area contributed by atoms with E-state index in [2.05, 4.69) is 241 Å². The zero-order valence-electron chi connectivity index (χ0n) is 70.0. The Labute approximate surface area is 699 Å². The van der Waals surface area contributed by atoms with Crippen LogP contribution in [0.15, 0.2) is 218 Å². The van der Waals surface area contributed by atoms with E-state index in [9.17, 15) is 0 Å². The number of rotatable bonds is 16. The molecule has 2 aliphatic heterocycles. The molecule has 13 heteroatoms. The van der Waals surface area contributed by atoms with E-state index in [1.165, 1.54) is 0 Å². The minimum Gasteiger partial charge on any atom is -0.657 e. The van der Waals surface area contributed by atoms with Crippen molar-refractivity contribution in [3.8, 4) is 44.5 Å². The number of benzene rings is 8. The van der Waals surface area contributed by atoms with Gasteiger partial charge in [-0.3, -0.25) is 19.2 Å². The second-order valence-corrected chi connectivity index (χ2v) is 38.5. The standard InChI is InChI=1S/C104H106N8O4.Co/c1-97(2,3)67-51-61(52-68(55-67)98(4,5)6)87-79-43-47-83(105-79)91(89-75(109-93(113)71-57-101(71,13)63-31-21-17-22-32-63)39-29-40-76(89)110-94(114)72-58-102(72,14)64-33-23-18-24-34-64)85-49-45-81(107-85)88(62-53-69(99(7,8)9)56-70(54-62)100(10,11)12)82-46-50-86(108-82)92(84-48-44-80(87)106-84)90-77(111-95(115)73-59-103(73,15)65-35-25-19-26-36-65)41-30-42-78(90)112-96(116)74-60-104(74,16)66-37-27-20-28-38-66;/h17-56,71-74H,57-60H2,1-16H3,(H6,105,106,107,108,109,110,111,112,113,114,115,116);/q;+2/p-2/t71-,72-,73-,74-,101-,102+,103-,104+;/m1./s1. The zero-order valence-corrected chi connectivity index (χ0v) is 71.0. The molecule has 0 spiro atoms. The van der Waals surface area contributed by atoms with Crippen molar-refractivity contribution in [3.63, 3.8) is 0 Å². The Morgan fingerprint density at radius 3 is 0.752 bits per heavy atom. The average molecular weight is 1590 g/mol. The molecular weight excluding hydrogens is 1480 g/mol. The summed E-state index contributed by atoms with van der Waals surface area (Å²) in [6, 6.07) is 74.6. The maximum Gasteiger partial charge on any atom is 2.00 e. The molecule has 593 valence electrons. The molecule has 6 aliphatic rings. The van der Waals surface area contributed by atoms with Gasteiger partial charge in [-0.2, -0.15) is 0 Å². The van der Waals surface area contributed by atoms with Crippen LogP contribution in [0.4, 0.5) is 22.7 Å². The summed E-state index contributed by atoms with van der Waals surface area (Å²) in [7, 11) is 0. The number of nitrogens with one attached hydrogen (secondary N) is 4. The molecule has 8 bridgehead atoms. The normalized spacial score (nSPS) is 21.7. The number of anilines is 4. The van der Waals surface area contributed by atoms with Gasteiger partial charge >= 0.3 is 16.8 Å². The van der Waals surface area contributed by atoms with E-state index in [0.29, 0.717) is 116 Å². The Hall–Kier alpha value is -11.3. The summed E-state index contributed by atoms with van der Waals surface area (Å²) >= 11 is 0. The first-order valence-electron chi connectivity index (χ1n) is 41.2. The molecule has 4 aliphatic carbocycles. The Kier molecular flexibility index (Phi) is 19.8. The monoisotopic (exact) mass is 1590 g/mol. The summed E-state index contributed by atoms with van der Waals surface area (Å²) in [4.78, 5) is 85.4. The van der Waals surface area contributed by atoms with Gasteiger partial charge in [0.05, 0.1) is 45.5 Å². The van der Waals surface area contributed by atoms with Crippen molar-refractivity contribution in [2.75, 3.05) is 21.3 Å². The van der Waals surface area contributed by atoms with Gasteiger partial charge < -0.3 is 31.2 Å². The molecule has 11 aromatic rings. The summed E-state index contributed by atoms with van der Waals surface area (Å²) in [6.45, 7) is 35.5. The number of nitrogens with zero attached hydrogens (tertiary/aromatic N) is 4. The quantitative estimate of drug-likeness (QED) is 0.0741. The molecule has 12 nitrogen and oxygen atoms in total. The second kappa shape index (κ2) is 29.1. The fourth-order valence-electron chi connectivity index (χ4n) is 17.9. The van der Waals surface area contributed by atoms with Crippen molar-refractivity contribution < 1.29 is 36.0 Å². The molecule has 4 saturated carbocycles. The Morgan fingerprint density at radius 1 is 0.299 bits per heavy atom. The van der Waals surface area contributed by atoms with Crippen LogP contribution in [0.5, 0.6) is 0 Å². The van der Waals surface area contributed by atoms with Crippen LogP contribution >= 0.6 is 0 Å². The summed E-state index contributed by atoms with van der Waals surface area (Å²) in [6.07, 6.45) is 10.8. The van der Waals surface area contributed by atoms with Crippen molar-refractivity contribution >= 4 is 92.7 Å². The van der Waals surface area contributed by atoms with Crippen LogP contribution < -0.4 is 31.2 Å². The number of fused-ring (bicyclic) bond motifs is 8. The average Bonchev–Trinajstić information content (AvgIpc) is 1.60. The molecule has 4 amide bonds. The third kappa shape index (κ3) is 14.9. The number of hydrogen-bond acceptors (Lipinski definition) is 6. The van der Waals surface area contributed by atoms with Crippen LogP contribution in [0.3, 0.4) is 0 Å². The molecule has 4 N–H and O–H groups in total. The Morgan fingerprint density at radius 2 is 0.521 bits per heavy atom.